The summed E-state index contributed by atoms with van der Waals surface area (Å²) in [5, 5.41) is 2.83. The van der Waals surface area contributed by atoms with Gasteiger partial charge in [-0.25, -0.2) is 4.79 Å². The van der Waals surface area contributed by atoms with Crippen LogP contribution >= 0.6 is 0 Å². The molecule has 5 nitrogen and oxygen atoms in total. The molecule has 0 aromatic heterocycles. The summed E-state index contributed by atoms with van der Waals surface area (Å²) in [5.41, 5.74) is 1.13. The molecule has 20 heavy (non-hydrogen) atoms. The first kappa shape index (κ1) is 14.8. The van der Waals surface area contributed by atoms with Gasteiger partial charge in [-0.05, 0) is 25.8 Å². The zero-order valence-electron chi connectivity index (χ0n) is 12.1. The Hall–Kier alpha value is -1.59. The van der Waals surface area contributed by atoms with Gasteiger partial charge in [-0.2, -0.15) is 0 Å². The molecule has 1 amide bonds. The quantitative estimate of drug-likeness (QED) is 0.917. The van der Waals surface area contributed by atoms with Crippen molar-refractivity contribution in [3.8, 4) is 0 Å². The molecular weight excluding hydrogens is 258 g/mol. The van der Waals surface area contributed by atoms with Gasteiger partial charge in [0.2, 0.25) is 0 Å². The van der Waals surface area contributed by atoms with E-state index in [0.717, 1.165) is 5.56 Å². The maximum Gasteiger partial charge on any atom is 0.407 e. The van der Waals surface area contributed by atoms with E-state index in [9.17, 15) is 4.79 Å². The van der Waals surface area contributed by atoms with E-state index in [-0.39, 0.29) is 12.1 Å². The fourth-order valence-corrected chi connectivity index (χ4v) is 2.27. The average molecular weight is 279 g/mol. The summed E-state index contributed by atoms with van der Waals surface area (Å²) in [5.74, 6) is -0.614. The summed E-state index contributed by atoms with van der Waals surface area (Å²) in [6, 6.07) is 9.76. The molecule has 1 aliphatic heterocycles. The van der Waals surface area contributed by atoms with E-state index < -0.39 is 11.9 Å². The van der Waals surface area contributed by atoms with Crippen molar-refractivity contribution in [1.82, 2.24) is 5.32 Å². The van der Waals surface area contributed by atoms with Crippen molar-refractivity contribution in [2.45, 2.75) is 38.2 Å². The third-order valence-corrected chi connectivity index (χ3v) is 3.27. The monoisotopic (exact) mass is 279 g/mol. The van der Waals surface area contributed by atoms with Crippen molar-refractivity contribution in [2.24, 2.45) is 0 Å². The minimum absolute atomic E-state index is 0.188. The number of nitrogens with one attached hydrogen (secondary N) is 1. The van der Waals surface area contributed by atoms with Crippen LogP contribution in [0.25, 0.3) is 0 Å². The lowest BCUT2D eigenvalue weighted by atomic mass is 10.0. The highest BCUT2D eigenvalue weighted by Crippen LogP contribution is 2.25. The number of carbonyl (C=O) groups excluding carboxylic acids is 1. The lowest BCUT2D eigenvalue weighted by Crippen LogP contribution is -2.46. The van der Waals surface area contributed by atoms with Crippen LogP contribution in [0.4, 0.5) is 4.79 Å². The van der Waals surface area contributed by atoms with Crippen LogP contribution < -0.4 is 5.32 Å². The normalized spacial score (nSPS) is 22.2. The summed E-state index contributed by atoms with van der Waals surface area (Å²) in [6.45, 7) is 4.18. The van der Waals surface area contributed by atoms with Crippen molar-refractivity contribution < 1.29 is 19.0 Å². The van der Waals surface area contributed by atoms with Gasteiger partial charge < -0.3 is 19.5 Å². The first-order valence-electron chi connectivity index (χ1n) is 6.70. The zero-order valence-corrected chi connectivity index (χ0v) is 12.1. The largest absolute Gasteiger partial charge is 0.453 e. The van der Waals surface area contributed by atoms with Crippen LogP contribution in [0.5, 0.6) is 0 Å². The van der Waals surface area contributed by atoms with E-state index in [2.05, 4.69) is 10.1 Å². The Labute approximate surface area is 119 Å². The molecular formula is C15H21NO4. The number of hydrogen-bond acceptors (Lipinski definition) is 4. The molecule has 0 bridgehead atoms. The Morgan fingerprint density at radius 3 is 2.70 bits per heavy atom. The SMILES string of the molecule is COC(=O)N[C@H](Cc1ccccc1)[C@H]1COC(C)(C)O1. The molecule has 1 fully saturated rings. The predicted octanol–water partition coefficient (Wildman–Crippen LogP) is 2.11. The van der Waals surface area contributed by atoms with Crippen LogP contribution in [0.2, 0.25) is 0 Å². The molecule has 2 rings (SSSR count). The Morgan fingerprint density at radius 1 is 1.45 bits per heavy atom. The molecule has 2 atom stereocenters. The standard InChI is InChI=1S/C15H21NO4/c1-15(2)19-10-13(20-15)12(16-14(17)18-3)9-11-7-5-4-6-8-11/h4-8,12-13H,9-10H2,1-3H3,(H,16,17)/t12-,13-/m1/s1. The van der Waals surface area contributed by atoms with Crippen molar-refractivity contribution >= 4 is 6.09 Å². The Morgan fingerprint density at radius 2 is 2.15 bits per heavy atom. The molecule has 0 aliphatic carbocycles. The lowest BCUT2D eigenvalue weighted by Gasteiger charge is -2.24. The van der Waals surface area contributed by atoms with Crippen LogP contribution in [0.15, 0.2) is 30.3 Å². The molecule has 1 N–H and O–H groups in total. The van der Waals surface area contributed by atoms with Crippen molar-refractivity contribution in [2.75, 3.05) is 13.7 Å². The number of carbonyl (C=O) groups is 1. The predicted molar refractivity (Wildman–Crippen MR) is 74.4 cm³/mol. The third kappa shape index (κ3) is 3.95. The molecule has 1 aliphatic rings. The van der Waals surface area contributed by atoms with Gasteiger partial charge in [0.15, 0.2) is 5.79 Å². The highest BCUT2D eigenvalue weighted by Gasteiger charge is 2.38. The van der Waals surface area contributed by atoms with Gasteiger partial charge >= 0.3 is 6.09 Å². The number of hydrogen-bond donors (Lipinski definition) is 1. The van der Waals surface area contributed by atoms with Gasteiger partial charge in [0.05, 0.1) is 19.8 Å². The zero-order chi connectivity index (χ0) is 14.6. The van der Waals surface area contributed by atoms with E-state index in [1.165, 1.54) is 7.11 Å². The fourth-order valence-electron chi connectivity index (χ4n) is 2.27. The van der Waals surface area contributed by atoms with Gasteiger partial charge in [-0.15, -0.1) is 0 Å². The van der Waals surface area contributed by atoms with E-state index in [1.807, 2.05) is 44.2 Å². The van der Waals surface area contributed by atoms with Gasteiger partial charge in [0.1, 0.15) is 6.10 Å². The number of amides is 1. The topological polar surface area (TPSA) is 56.8 Å². The molecule has 5 heteroatoms. The van der Waals surface area contributed by atoms with Crippen molar-refractivity contribution in [3.63, 3.8) is 0 Å². The molecule has 0 saturated carbocycles. The Bertz CT molecular complexity index is 446. The molecule has 110 valence electrons. The number of alkyl carbamates (subject to hydrolysis) is 1. The van der Waals surface area contributed by atoms with Crippen LogP contribution in [0.1, 0.15) is 19.4 Å². The fraction of sp³-hybridized carbons (Fsp3) is 0.533. The molecule has 0 unspecified atom stereocenters. The second-order valence-electron chi connectivity index (χ2n) is 5.30. The van der Waals surface area contributed by atoms with Gasteiger partial charge in [-0.3, -0.25) is 0 Å². The summed E-state index contributed by atoms with van der Waals surface area (Å²) >= 11 is 0. The van der Waals surface area contributed by atoms with Gasteiger partial charge in [0, 0.05) is 0 Å². The smallest absolute Gasteiger partial charge is 0.407 e. The maximum atomic E-state index is 11.5. The lowest BCUT2D eigenvalue weighted by molar-refractivity contribution is -0.141. The highest BCUT2D eigenvalue weighted by atomic mass is 16.7. The summed E-state index contributed by atoms with van der Waals surface area (Å²) < 4.78 is 16.1. The van der Waals surface area contributed by atoms with Crippen LogP contribution in [0, 0.1) is 0 Å². The van der Waals surface area contributed by atoms with Gasteiger partial charge in [-0.1, -0.05) is 30.3 Å². The molecule has 0 radical (unpaired) electrons. The molecule has 1 saturated heterocycles. The van der Waals surface area contributed by atoms with E-state index in [4.69, 9.17) is 9.47 Å². The van der Waals surface area contributed by atoms with Crippen LogP contribution in [-0.4, -0.2) is 37.7 Å². The van der Waals surface area contributed by atoms with Crippen LogP contribution in [0.3, 0.4) is 0 Å². The van der Waals surface area contributed by atoms with E-state index >= 15 is 0 Å². The number of benzene rings is 1. The molecule has 1 aromatic carbocycles. The second kappa shape index (κ2) is 6.24. The summed E-state index contributed by atoms with van der Waals surface area (Å²) in [7, 11) is 1.35. The van der Waals surface area contributed by atoms with E-state index in [0.29, 0.717) is 13.0 Å². The van der Waals surface area contributed by atoms with Crippen molar-refractivity contribution in [1.29, 1.82) is 0 Å². The highest BCUT2D eigenvalue weighted by molar-refractivity contribution is 5.67. The van der Waals surface area contributed by atoms with Gasteiger partial charge in [0.25, 0.3) is 0 Å². The number of rotatable bonds is 4. The summed E-state index contributed by atoms with van der Waals surface area (Å²) in [4.78, 5) is 11.5. The average Bonchev–Trinajstić information content (AvgIpc) is 2.79. The molecule has 0 spiro atoms. The van der Waals surface area contributed by atoms with E-state index in [1.54, 1.807) is 0 Å². The number of ether oxygens (including phenoxy) is 3. The third-order valence-electron chi connectivity index (χ3n) is 3.27. The Kier molecular flexibility index (Phi) is 4.62. The molecule has 1 heterocycles. The minimum Gasteiger partial charge on any atom is -0.453 e. The van der Waals surface area contributed by atoms with Crippen LogP contribution in [-0.2, 0) is 20.6 Å². The second-order valence-corrected chi connectivity index (χ2v) is 5.30. The maximum absolute atomic E-state index is 11.5. The first-order valence-corrected chi connectivity index (χ1v) is 6.70. The first-order chi connectivity index (χ1) is 9.50. The van der Waals surface area contributed by atoms with Crippen molar-refractivity contribution in [3.05, 3.63) is 35.9 Å². The summed E-state index contributed by atoms with van der Waals surface area (Å²) in [6.07, 6.45) is 0.0172. The Balaban J connectivity index is 2.07. The molecule has 1 aromatic rings. The number of methoxy groups -OCH3 is 1. The minimum atomic E-state index is -0.614.